The molecular formula is C21H20N4O5. The molecule has 0 spiro atoms. The first kappa shape index (κ1) is 18.3. The van der Waals surface area contributed by atoms with Crippen molar-refractivity contribution in [1.29, 1.82) is 0 Å². The quantitative estimate of drug-likeness (QED) is 0.700. The van der Waals surface area contributed by atoms with E-state index < -0.39 is 0 Å². The molecule has 3 aromatic rings. The number of likely N-dealkylation sites (tertiary alicyclic amines) is 1. The summed E-state index contributed by atoms with van der Waals surface area (Å²) in [6.07, 6.45) is 1.62. The highest BCUT2D eigenvalue weighted by Gasteiger charge is 2.34. The van der Waals surface area contributed by atoms with E-state index in [1.807, 2.05) is 24.3 Å². The Hall–Kier alpha value is -3.75. The fourth-order valence-corrected chi connectivity index (χ4v) is 3.66. The number of nitrogens with one attached hydrogen (secondary N) is 1. The van der Waals surface area contributed by atoms with Gasteiger partial charge in [-0.15, -0.1) is 0 Å². The minimum atomic E-state index is -0.265. The maximum Gasteiger partial charge on any atom is 0.322 e. The summed E-state index contributed by atoms with van der Waals surface area (Å²) in [5, 5.41) is 7.00. The second-order valence-corrected chi connectivity index (χ2v) is 7.03. The van der Waals surface area contributed by atoms with Crippen LogP contribution in [0, 0.1) is 0 Å². The zero-order valence-electron chi connectivity index (χ0n) is 16.3. The second-order valence-electron chi connectivity index (χ2n) is 7.03. The number of hydrogen-bond acceptors (Lipinski definition) is 7. The fraction of sp³-hybridized carbons (Fsp3) is 0.286. The Bertz CT molecular complexity index is 1070. The van der Waals surface area contributed by atoms with Crippen LogP contribution in [0.2, 0.25) is 0 Å². The fourth-order valence-electron chi connectivity index (χ4n) is 3.66. The predicted octanol–water partition coefficient (Wildman–Crippen LogP) is 3.84. The Balaban J connectivity index is 1.31. The normalized spacial score (nSPS) is 17.2. The molecule has 2 aliphatic heterocycles. The molecular weight excluding hydrogens is 388 g/mol. The number of carbonyl (C=O) groups is 1. The zero-order valence-corrected chi connectivity index (χ0v) is 16.3. The summed E-state index contributed by atoms with van der Waals surface area (Å²) in [7, 11) is 1.62. The van der Waals surface area contributed by atoms with Gasteiger partial charge in [-0.3, -0.25) is 0 Å². The van der Waals surface area contributed by atoms with Crippen molar-refractivity contribution in [3.63, 3.8) is 0 Å². The Labute approximate surface area is 172 Å². The molecule has 0 bridgehead atoms. The number of anilines is 1. The van der Waals surface area contributed by atoms with Crippen LogP contribution in [0.3, 0.4) is 0 Å². The lowest BCUT2D eigenvalue weighted by Gasteiger charge is -2.22. The second kappa shape index (κ2) is 7.58. The Kier molecular flexibility index (Phi) is 4.62. The number of benzene rings is 2. The first-order valence-electron chi connectivity index (χ1n) is 9.66. The number of methoxy groups -OCH3 is 1. The van der Waals surface area contributed by atoms with Crippen molar-refractivity contribution < 1.29 is 23.5 Å². The minimum Gasteiger partial charge on any atom is -0.497 e. The van der Waals surface area contributed by atoms with Gasteiger partial charge in [0.25, 0.3) is 0 Å². The average Bonchev–Trinajstić information content (AvgIpc) is 3.53. The number of urea groups is 1. The molecule has 1 atom stereocenters. The van der Waals surface area contributed by atoms with Crippen LogP contribution in [-0.2, 0) is 0 Å². The van der Waals surface area contributed by atoms with Gasteiger partial charge in [-0.05, 0) is 49.2 Å². The Morgan fingerprint density at radius 1 is 1.17 bits per heavy atom. The van der Waals surface area contributed by atoms with Gasteiger partial charge < -0.3 is 29.0 Å². The monoisotopic (exact) mass is 408 g/mol. The number of ether oxygens (including phenoxy) is 3. The van der Waals surface area contributed by atoms with Gasteiger partial charge in [0, 0.05) is 23.9 Å². The lowest BCUT2D eigenvalue weighted by molar-refractivity contribution is 0.174. The molecule has 1 unspecified atom stereocenters. The van der Waals surface area contributed by atoms with Crippen LogP contribution in [0.5, 0.6) is 17.2 Å². The number of rotatable bonds is 4. The molecule has 1 saturated heterocycles. The summed E-state index contributed by atoms with van der Waals surface area (Å²) < 4.78 is 21.3. The van der Waals surface area contributed by atoms with Crippen molar-refractivity contribution in [2.45, 2.75) is 18.9 Å². The van der Waals surface area contributed by atoms with Gasteiger partial charge in [-0.2, -0.15) is 4.98 Å². The van der Waals surface area contributed by atoms with Crippen LogP contribution < -0.4 is 19.5 Å². The van der Waals surface area contributed by atoms with E-state index >= 15 is 0 Å². The average molecular weight is 408 g/mol. The van der Waals surface area contributed by atoms with Crippen LogP contribution in [0.1, 0.15) is 24.8 Å². The van der Waals surface area contributed by atoms with Gasteiger partial charge in [0.05, 0.1) is 7.11 Å². The molecule has 0 radical (unpaired) electrons. The van der Waals surface area contributed by atoms with Crippen LogP contribution in [0.25, 0.3) is 11.4 Å². The molecule has 0 aliphatic carbocycles. The highest BCUT2D eigenvalue weighted by atomic mass is 16.7. The maximum atomic E-state index is 12.9. The molecule has 1 N–H and O–H groups in total. The van der Waals surface area contributed by atoms with Crippen molar-refractivity contribution in [3.8, 4) is 28.6 Å². The third-order valence-electron chi connectivity index (χ3n) is 5.21. The smallest absolute Gasteiger partial charge is 0.322 e. The van der Waals surface area contributed by atoms with Crippen LogP contribution in [0.4, 0.5) is 10.5 Å². The molecule has 0 saturated carbocycles. The van der Waals surface area contributed by atoms with E-state index in [9.17, 15) is 4.79 Å². The zero-order chi connectivity index (χ0) is 20.5. The lowest BCUT2D eigenvalue weighted by atomic mass is 10.2. The Morgan fingerprint density at radius 2 is 2.00 bits per heavy atom. The molecule has 1 aromatic heterocycles. The lowest BCUT2D eigenvalue weighted by Crippen LogP contribution is -2.34. The van der Waals surface area contributed by atoms with Gasteiger partial charge in [0.2, 0.25) is 18.5 Å². The van der Waals surface area contributed by atoms with E-state index in [4.69, 9.17) is 18.7 Å². The molecule has 9 heteroatoms. The van der Waals surface area contributed by atoms with Gasteiger partial charge in [-0.1, -0.05) is 5.16 Å². The van der Waals surface area contributed by atoms with Crippen LogP contribution in [0.15, 0.2) is 47.0 Å². The number of amides is 2. The van der Waals surface area contributed by atoms with E-state index in [2.05, 4.69) is 15.5 Å². The summed E-state index contributed by atoms with van der Waals surface area (Å²) in [4.78, 5) is 19.1. The highest BCUT2D eigenvalue weighted by molar-refractivity contribution is 5.90. The first-order valence-corrected chi connectivity index (χ1v) is 9.66. The van der Waals surface area contributed by atoms with Crippen molar-refractivity contribution in [3.05, 3.63) is 48.4 Å². The van der Waals surface area contributed by atoms with E-state index in [-0.39, 0.29) is 18.9 Å². The predicted molar refractivity (Wildman–Crippen MR) is 107 cm³/mol. The number of aromatic nitrogens is 2. The van der Waals surface area contributed by atoms with Crippen molar-refractivity contribution in [2.24, 2.45) is 0 Å². The van der Waals surface area contributed by atoms with Gasteiger partial charge >= 0.3 is 6.03 Å². The van der Waals surface area contributed by atoms with Crippen molar-refractivity contribution in [2.75, 3.05) is 25.8 Å². The summed E-state index contributed by atoms with van der Waals surface area (Å²) in [5.41, 5.74) is 1.46. The molecule has 2 aliphatic rings. The molecule has 3 heterocycles. The van der Waals surface area contributed by atoms with Crippen LogP contribution in [-0.4, -0.2) is 41.5 Å². The topological polar surface area (TPSA) is 99.0 Å². The first-order chi connectivity index (χ1) is 14.7. The highest BCUT2D eigenvalue weighted by Crippen LogP contribution is 2.36. The van der Waals surface area contributed by atoms with E-state index in [0.717, 1.165) is 24.2 Å². The number of fused-ring (bicyclic) bond motifs is 1. The van der Waals surface area contributed by atoms with E-state index in [1.54, 1.807) is 30.2 Å². The minimum absolute atomic E-state index is 0.189. The summed E-state index contributed by atoms with van der Waals surface area (Å²) in [5.74, 6) is 2.95. The molecule has 154 valence electrons. The number of nitrogens with zero attached hydrogens (tertiary/aromatic N) is 3. The maximum absolute atomic E-state index is 12.9. The number of hydrogen-bond donors (Lipinski definition) is 1. The summed E-state index contributed by atoms with van der Waals surface area (Å²) in [6, 6.07) is 12.2. The molecule has 1 fully saturated rings. The molecule has 2 amide bonds. The largest absolute Gasteiger partial charge is 0.497 e. The molecule has 30 heavy (non-hydrogen) atoms. The van der Waals surface area contributed by atoms with Crippen LogP contribution >= 0.6 is 0 Å². The number of carbonyl (C=O) groups excluding carboxylic acids is 1. The van der Waals surface area contributed by atoms with Crippen molar-refractivity contribution >= 4 is 11.7 Å². The SMILES string of the molecule is COc1ccc(-c2noc(C3CCCN3C(=O)Nc3ccc4c(c3)OCO4)n2)cc1. The third kappa shape index (κ3) is 3.38. The molecule has 2 aromatic carbocycles. The van der Waals surface area contributed by atoms with E-state index in [0.29, 0.717) is 35.4 Å². The standard InChI is InChI=1S/C21H20N4O5/c1-27-15-7-4-13(5-8-15)19-23-20(30-24-19)16-3-2-10-25(16)21(26)22-14-6-9-17-18(11-14)29-12-28-17/h4-9,11,16H,2-3,10,12H2,1H3,(H,22,26). The third-order valence-corrected chi connectivity index (χ3v) is 5.21. The molecule has 5 rings (SSSR count). The van der Waals surface area contributed by atoms with Crippen molar-refractivity contribution in [1.82, 2.24) is 15.0 Å². The summed E-state index contributed by atoms with van der Waals surface area (Å²) in [6.45, 7) is 0.802. The van der Waals surface area contributed by atoms with Gasteiger partial charge in [0.1, 0.15) is 11.8 Å². The van der Waals surface area contributed by atoms with Gasteiger partial charge in [-0.25, -0.2) is 4.79 Å². The van der Waals surface area contributed by atoms with Gasteiger partial charge in [0.15, 0.2) is 11.5 Å². The van der Waals surface area contributed by atoms with E-state index in [1.165, 1.54) is 0 Å². The Morgan fingerprint density at radius 3 is 2.83 bits per heavy atom. The molecule has 9 nitrogen and oxygen atoms in total. The summed E-state index contributed by atoms with van der Waals surface area (Å²) >= 11 is 0.